The first kappa shape index (κ1) is 18.5. The predicted molar refractivity (Wildman–Crippen MR) is 101 cm³/mol. The largest absolute Gasteiger partial charge is 0.484 e. The Morgan fingerprint density at radius 1 is 1.23 bits per heavy atom. The van der Waals surface area contributed by atoms with Crippen LogP contribution in [0, 0.1) is 0 Å². The number of hydrogen-bond acceptors (Lipinski definition) is 5. The number of carbonyl (C=O) groups is 2. The molecular formula is C20H23NO4S. The van der Waals surface area contributed by atoms with Gasteiger partial charge in [0, 0.05) is 11.4 Å². The Morgan fingerprint density at radius 3 is 2.62 bits per heavy atom. The normalized spacial score (nSPS) is 16.3. The molecule has 0 aliphatic carbocycles. The van der Waals surface area contributed by atoms with E-state index in [1.54, 1.807) is 16.2 Å². The standard InChI is InChI=1S/C20H23NO4S/c1-13(2)14-4-6-15(7-5-14)25-12-18(22)21-10-8-17-16(9-11-26-17)19(21)20(23)24-3/h4-7,9,11,13,19H,8,10,12H2,1-3H3. The molecular weight excluding hydrogens is 350 g/mol. The number of amides is 1. The minimum absolute atomic E-state index is 0.103. The zero-order valence-corrected chi connectivity index (χ0v) is 16.0. The van der Waals surface area contributed by atoms with Gasteiger partial charge in [0.15, 0.2) is 12.6 Å². The van der Waals surface area contributed by atoms with Crippen molar-refractivity contribution in [1.29, 1.82) is 0 Å². The Bertz CT molecular complexity index is 781. The molecule has 3 rings (SSSR count). The number of hydrogen-bond donors (Lipinski definition) is 0. The average Bonchev–Trinajstić information content (AvgIpc) is 3.13. The molecule has 5 nitrogen and oxygen atoms in total. The lowest BCUT2D eigenvalue weighted by Gasteiger charge is -2.33. The Morgan fingerprint density at radius 2 is 1.96 bits per heavy atom. The van der Waals surface area contributed by atoms with E-state index < -0.39 is 12.0 Å². The summed E-state index contributed by atoms with van der Waals surface area (Å²) in [5, 5.41) is 1.95. The number of nitrogens with zero attached hydrogens (tertiary/aromatic N) is 1. The average molecular weight is 373 g/mol. The summed E-state index contributed by atoms with van der Waals surface area (Å²) in [5.74, 6) is 0.453. The topological polar surface area (TPSA) is 55.8 Å². The van der Waals surface area contributed by atoms with Gasteiger partial charge in [-0.25, -0.2) is 4.79 Å². The second kappa shape index (κ2) is 7.91. The molecule has 0 bridgehead atoms. The van der Waals surface area contributed by atoms with Gasteiger partial charge in [-0.2, -0.15) is 0 Å². The van der Waals surface area contributed by atoms with E-state index >= 15 is 0 Å². The molecule has 0 radical (unpaired) electrons. The molecule has 0 N–H and O–H groups in total. The van der Waals surface area contributed by atoms with Gasteiger partial charge < -0.3 is 14.4 Å². The summed E-state index contributed by atoms with van der Waals surface area (Å²) in [4.78, 5) is 27.7. The molecule has 1 aliphatic heterocycles. The molecule has 138 valence electrons. The van der Waals surface area contributed by atoms with Crippen molar-refractivity contribution in [3.05, 3.63) is 51.7 Å². The Hall–Kier alpha value is -2.34. The molecule has 26 heavy (non-hydrogen) atoms. The lowest BCUT2D eigenvalue weighted by atomic mass is 10.00. The maximum atomic E-state index is 12.7. The van der Waals surface area contributed by atoms with E-state index in [1.807, 2.05) is 35.7 Å². The highest BCUT2D eigenvalue weighted by atomic mass is 32.1. The van der Waals surface area contributed by atoms with Crippen LogP contribution >= 0.6 is 11.3 Å². The molecule has 1 aliphatic rings. The third kappa shape index (κ3) is 3.75. The van der Waals surface area contributed by atoms with E-state index in [0.29, 0.717) is 18.2 Å². The van der Waals surface area contributed by atoms with Crippen molar-refractivity contribution in [2.45, 2.75) is 32.2 Å². The van der Waals surface area contributed by atoms with Crippen LogP contribution in [-0.4, -0.2) is 37.0 Å². The summed E-state index contributed by atoms with van der Waals surface area (Å²) in [6.07, 6.45) is 0.745. The molecule has 2 heterocycles. The van der Waals surface area contributed by atoms with Gasteiger partial charge >= 0.3 is 5.97 Å². The van der Waals surface area contributed by atoms with Gasteiger partial charge in [-0.3, -0.25) is 4.79 Å². The highest BCUT2D eigenvalue weighted by molar-refractivity contribution is 7.10. The number of thiophene rings is 1. The molecule has 1 aromatic heterocycles. The number of esters is 1. The van der Waals surface area contributed by atoms with Gasteiger partial charge in [-0.05, 0) is 47.0 Å². The summed E-state index contributed by atoms with van der Waals surface area (Å²) < 4.78 is 10.6. The molecule has 1 amide bonds. The monoisotopic (exact) mass is 373 g/mol. The van der Waals surface area contributed by atoms with Crippen LogP contribution < -0.4 is 4.74 Å². The SMILES string of the molecule is COC(=O)C1c2ccsc2CCN1C(=O)COc1ccc(C(C)C)cc1. The lowest BCUT2D eigenvalue weighted by Crippen LogP contribution is -2.45. The van der Waals surface area contributed by atoms with Crippen LogP contribution in [0.15, 0.2) is 35.7 Å². The molecule has 6 heteroatoms. The fraction of sp³-hybridized carbons (Fsp3) is 0.400. The van der Waals surface area contributed by atoms with Crippen molar-refractivity contribution >= 4 is 23.2 Å². The number of fused-ring (bicyclic) bond motifs is 1. The molecule has 0 fully saturated rings. The number of methoxy groups -OCH3 is 1. The fourth-order valence-electron chi connectivity index (χ4n) is 3.13. The Kier molecular flexibility index (Phi) is 5.61. The van der Waals surface area contributed by atoms with E-state index in [0.717, 1.165) is 16.9 Å². The maximum Gasteiger partial charge on any atom is 0.333 e. The first-order valence-corrected chi connectivity index (χ1v) is 9.55. The first-order chi connectivity index (χ1) is 12.5. The third-order valence-corrected chi connectivity index (χ3v) is 5.62. The molecule has 1 atom stereocenters. The molecule has 0 spiro atoms. The highest BCUT2D eigenvalue weighted by Gasteiger charge is 2.37. The summed E-state index contributed by atoms with van der Waals surface area (Å²) >= 11 is 1.61. The van der Waals surface area contributed by atoms with Crippen molar-refractivity contribution in [3.63, 3.8) is 0 Å². The van der Waals surface area contributed by atoms with Crippen LogP contribution in [0.1, 0.15) is 41.8 Å². The molecule has 2 aromatic rings. The van der Waals surface area contributed by atoms with E-state index in [1.165, 1.54) is 12.7 Å². The molecule has 1 aromatic carbocycles. The van der Waals surface area contributed by atoms with Gasteiger partial charge in [0.05, 0.1) is 7.11 Å². The zero-order valence-electron chi connectivity index (χ0n) is 15.2. The summed E-state index contributed by atoms with van der Waals surface area (Å²) in [7, 11) is 1.35. The number of ether oxygens (including phenoxy) is 2. The van der Waals surface area contributed by atoms with Crippen molar-refractivity contribution in [3.8, 4) is 5.75 Å². The first-order valence-electron chi connectivity index (χ1n) is 8.67. The van der Waals surface area contributed by atoms with Crippen molar-refractivity contribution in [2.75, 3.05) is 20.3 Å². The quantitative estimate of drug-likeness (QED) is 0.752. The van der Waals surface area contributed by atoms with Crippen LogP contribution in [-0.2, 0) is 20.7 Å². The highest BCUT2D eigenvalue weighted by Crippen LogP contribution is 2.34. The summed E-state index contributed by atoms with van der Waals surface area (Å²) in [5.41, 5.74) is 2.08. The maximum absolute atomic E-state index is 12.7. The van der Waals surface area contributed by atoms with Crippen LogP contribution in [0.5, 0.6) is 5.75 Å². The number of benzene rings is 1. The fourth-order valence-corrected chi connectivity index (χ4v) is 4.03. The Labute approximate surface area is 157 Å². The van der Waals surface area contributed by atoms with E-state index in [9.17, 15) is 9.59 Å². The molecule has 0 saturated heterocycles. The minimum Gasteiger partial charge on any atom is -0.484 e. The smallest absolute Gasteiger partial charge is 0.333 e. The molecule has 0 saturated carbocycles. The van der Waals surface area contributed by atoms with Crippen LogP contribution in [0.2, 0.25) is 0 Å². The number of rotatable bonds is 5. The van der Waals surface area contributed by atoms with Crippen LogP contribution in [0.4, 0.5) is 0 Å². The summed E-state index contributed by atoms with van der Waals surface area (Å²) in [6.45, 7) is 4.64. The van der Waals surface area contributed by atoms with Crippen LogP contribution in [0.25, 0.3) is 0 Å². The lowest BCUT2D eigenvalue weighted by molar-refractivity contribution is -0.154. The third-order valence-electron chi connectivity index (χ3n) is 4.62. The van der Waals surface area contributed by atoms with Gasteiger partial charge in [0.2, 0.25) is 0 Å². The van der Waals surface area contributed by atoms with Gasteiger partial charge in [-0.1, -0.05) is 26.0 Å². The second-order valence-electron chi connectivity index (χ2n) is 6.57. The predicted octanol–water partition coefficient (Wildman–Crippen LogP) is 3.55. The minimum atomic E-state index is -0.686. The van der Waals surface area contributed by atoms with Crippen LogP contribution in [0.3, 0.4) is 0 Å². The van der Waals surface area contributed by atoms with E-state index in [2.05, 4.69) is 13.8 Å². The number of carbonyl (C=O) groups excluding carboxylic acids is 2. The van der Waals surface area contributed by atoms with Crippen molar-refractivity contribution < 1.29 is 19.1 Å². The Balaban J connectivity index is 1.69. The summed E-state index contributed by atoms with van der Waals surface area (Å²) in [6, 6.07) is 8.95. The van der Waals surface area contributed by atoms with Gasteiger partial charge in [-0.15, -0.1) is 11.3 Å². The second-order valence-corrected chi connectivity index (χ2v) is 7.58. The van der Waals surface area contributed by atoms with Crippen molar-refractivity contribution in [2.24, 2.45) is 0 Å². The molecule has 1 unspecified atom stereocenters. The van der Waals surface area contributed by atoms with Gasteiger partial charge in [0.25, 0.3) is 5.91 Å². The van der Waals surface area contributed by atoms with E-state index in [4.69, 9.17) is 9.47 Å². The zero-order chi connectivity index (χ0) is 18.7. The van der Waals surface area contributed by atoms with Gasteiger partial charge in [0.1, 0.15) is 5.75 Å². The van der Waals surface area contributed by atoms with E-state index in [-0.39, 0.29) is 12.5 Å². The van der Waals surface area contributed by atoms with Crippen molar-refractivity contribution in [1.82, 2.24) is 4.90 Å².